The molecular formula is C16H22ClNO3. The highest BCUT2D eigenvalue weighted by Crippen LogP contribution is 2.24. The highest BCUT2D eigenvalue weighted by atomic mass is 35.5. The maximum Gasteiger partial charge on any atom is 0.263 e. The molecule has 0 unspecified atom stereocenters. The quantitative estimate of drug-likeness (QED) is 0.930. The lowest BCUT2D eigenvalue weighted by Crippen LogP contribution is -2.50. The summed E-state index contributed by atoms with van der Waals surface area (Å²) in [6.07, 6.45) is 2.62. The van der Waals surface area contributed by atoms with E-state index < -0.39 is 12.2 Å². The van der Waals surface area contributed by atoms with Gasteiger partial charge in [0.1, 0.15) is 5.75 Å². The SMILES string of the molecule is C[C@H](Oc1cccc(Cl)c1)C(=O)N(C)[C@@H]1CCCC[C@H]1O. The molecule has 0 aromatic heterocycles. The Morgan fingerprint density at radius 1 is 1.43 bits per heavy atom. The zero-order valence-electron chi connectivity index (χ0n) is 12.5. The molecule has 0 aliphatic heterocycles. The molecule has 4 nitrogen and oxygen atoms in total. The maximum absolute atomic E-state index is 12.4. The molecule has 1 amide bonds. The van der Waals surface area contributed by atoms with Crippen LogP contribution in [0.5, 0.6) is 5.75 Å². The minimum Gasteiger partial charge on any atom is -0.481 e. The third-order valence-corrected chi connectivity index (χ3v) is 4.23. The summed E-state index contributed by atoms with van der Waals surface area (Å²) < 4.78 is 5.65. The van der Waals surface area contributed by atoms with E-state index >= 15 is 0 Å². The molecule has 0 saturated heterocycles. The molecule has 1 aromatic rings. The Morgan fingerprint density at radius 2 is 2.14 bits per heavy atom. The Hall–Kier alpha value is -1.26. The van der Waals surface area contributed by atoms with Crippen molar-refractivity contribution in [2.75, 3.05) is 7.05 Å². The predicted octanol–water partition coefficient (Wildman–Crippen LogP) is 2.87. The number of amides is 1. The molecule has 0 heterocycles. The van der Waals surface area contributed by atoms with Crippen molar-refractivity contribution in [1.82, 2.24) is 4.90 Å². The van der Waals surface area contributed by atoms with Crippen LogP contribution in [0.25, 0.3) is 0 Å². The van der Waals surface area contributed by atoms with Gasteiger partial charge in [-0.05, 0) is 38.0 Å². The average Bonchev–Trinajstić information content (AvgIpc) is 2.46. The summed E-state index contributed by atoms with van der Waals surface area (Å²) in [7, 11) is 1.74. The van der Waals surface area contributed by atoms with Crippen LogP contribution in [0, 0.1) is 0 Å². The lowest BCUT2D eigenvalue weighted by molar-refractivity contribution is -0.142. The van der Waals surface area contributed by atoms with Crippen LogP contribution < -0.4 is 4.74 Å². The fourth-order valence-corrected chi connectivity index (χ4v) is 2.97. The van der Waals surface area contributed by atoms with Gasteiger partial charge in [-0.15, -0.1) is 0 Å². The first kappa shape index (κ1) is 16.1. The molecule has 1 saturated carbocycles. The second-order valence-corrected chi connectivity index (χ2v) is 6.02. The molecule has 1 aromatic carbocycles. The Morgan fingerprint density at radius 3 is 2.81 bits per heavy atom. The van der Waals surface area contributed by atoms with Gasteiger partial charge in [-0.1, -0.05) is 30.5 Å². The summed E-state index contributed by atoms with van der Waals surface area (Å²) in [6, 6.07) is 6.87. The lowest BCUT2D eigenvalue weighted by Gasteiger charge is -2.36. The van der Waals surface area contributed by atoms with Crippen LogP contribution in [0.2, 0.25) is 5.02 Å². The van der Waals surface area contributed by atoms with Gasteiger partial charge in [-0.2, -0.15) is 0 Å². The van der Waals surface area contributed by atoms with Gasteiger partial charge >= 0.3 is 0 Å². The van der Waals surface area contributed by atoms with Crippen molar-refractivity contribution in [3.8, 4) is 5.75 Å². The second-order valence-electron chi connectivity index (χ2n) is 5.59. The topological polar surface area (TPSA) is 49.8 Å². The number of likely N-dealkylation sites (N-methyl/N-ethyl adjacent to an activating group) is 1. The normalized spacial score (nSPS) is 23.4. The summed E-state index contributed by atoms with van der Waals surface area (Å²) in [4.78, 5) is 14.1. The highest BCUT2D eigenvalue weighted by Gasteiger charge is 2.31. The van der Waals surface area contributed by atoms with Crippen molar-refractivity contribution in [3.63, 3.8) is 0 Å². The van der Waals surface area contributed by atoms with Crippen molar-refractivity contribution >= 4 is 17.5 Å². The standard InChI is InChI=1S/C16H22ClNO3/c1-11(21-13-7-5-6-12(17)10-13)16(20)18(2)14-8-3-4-9-15(14)19/h5-7,10-11,14-15,19H,3-4,8-9H2,1-2H3/t11-,14+,15+/m0/s1. The van der Waals surface area contributed by atoms with E-state index in [2.05, 4.69) is 0 Å². The number of carbonyl (C=O) groups excluding carboxylic acids is 1. The van der Waals surface area contributed by atoms with E-state index in [0.717, 1.165) is 25.7 Å². The van der Waals surface area contributed by atoms with E-state index in [1.54, 1.807) is 43.1 Å². The molecule has 2 rings (SSSR count). The molecule has 0 radical (unpaired) electrons. The molecule has 3 atom stereocenters. The first-order chi connectivity index (χ1) is 9.99. The van der Waals surface area contributed by atoms with Gasteiger partial charge in [-0.3, -0.25) is 4.79 Å². The van der Waals surface area contributed by atoms with Crippen LogP contribution in [0.4, 0.5) is 0 Å². The van der Waals surface area contributed by atoms with Crippen LogP contribution >= 0.6 is 11.6 Å². The summed E-state index contributed by atoms with van der Waals surface area (Å²) in [5.74, 6) is 0.446. The Labute approximate surface area is 130 Å². The summed E-state index contributed by atoms with van der Waals surface area (Å²) in [6.45, 7) is 1.72. The second kappa shape index (κ2) is 7.14. The van der Waals surface area contributed by atoms with Crippen molar-refractivity contribution in [1.29, 1.82) is 0 Å². The summed E-state index contributed by atoms with van der Waals surface area (Å²) in [5.41, 5.74) is 0. The minimum absolute atomic E-state index is 0.114. The fraction of sp³-hybridized carbons (Fsp3) is 0.562. The van der Waals surface area contributed by atoms with Crippen molar-refractivity contribution < 1.29 is 14.6 Å². The molecule has 1 aliphatic rings. The summed E-state index contributed by atoms with van der Waals surface area (Å²) in [5, 5.41) is 10.6. The van der Waals surface area contributed by atoms with Gasteiger partial charge in [0, 0.05) is 12.1 Å². The van der Waals surface area contributed by atoms with E-state index in [-0.39, 0.29) is 11.9 Å². The molecule has 21 heavy (non-hydrogen) atoms. The molecule has 1 fully saturated rings. The van der Waals surface area contributed by atoms with Gasteiger partial charge in [-0.25, -0.2) is 0 Å². The molecule has 5 heteroatoms. The van der Waals surface area contributed by atoms with E-state index in [1.807, 2.05) is 0 Å². The maximum atomic E-state index is 12.4. The number of benzene rings is 1. The van der Waals surface area contributed by atoms with Gasteiger partial charge in [0.25, 0.3) is 5.91 Å². The number of aliphatic hydroxyl groups is 1. The van der Waals surface area contributed by atoms with Gasteiger partial charge in [0.15, 0.2) is 6.10 Å². The van der Waals surface area contributed by atoms with Crippen molar-refractivity contribution in [3.05, 3.63) is 29.3 Å². The number of halogens is 1. The van der Waals surface area contributed by atoms with Crippen LogP contribution in [-0.4, -0.2) is 41.2 Å². The first-order valence-electron chi connectivity index (χ1n) is 7.36. The van der Waals surface area contributed by atoms with Crippen LogP contribution in [-0.2, 0) is 4.79 Å². The molecule has 116 valence electrons. The number of hydrogen-bond acceptors (Lipinski definition) is 3. The minimum atomic E-state index is -0.609. The van der Waals surface area contributed by atoms with Crippen LogP contribution in [0.1, 0.15) is 32.6 Å². The Bertz CT molecular complexity index is 494. The van der Waals surface area contributed by atoms with Crippen LogP contribution in [0.15, 0.2) is 24.3 Å². The number of carbonyl (C=O) groups is 1. The van der Waals surface area contributed by atoms with Gasteiger partial charge in [0.05, 0.1) is 12.1 Å². The van der Waals surface area contributed by atoms with E-state index in [1.165, 1.54) is 0 Å². The van der Waals surface area contributed by atoms with E-state index in [9.17, 15) is 9.90 Å². The number of hydrogen-bond donors (Lipinski definition) is 1. The van der Waals surface area contributed by atoms with Gasteiger partial charge < -0.3 is 14.7 Å². The number of nitrogens with zero attached hydrogens (tertiary/aromatic N) is 1. The molecule has 1 N–H and O–H groups in total. The van der Waals surface area contributed by atoms with Gasteiger partial charge in [0.2, 0.25) is 0 Å². The largest absolute Gasteiger partial charge is 0.481 e. The van der Waals surface area contributed by atoms with E-state index in [4.69, 9.17) is 16.3 Å². The zero-order valence-corrected chi connectivity index (χ0v) is 13.2. The smallest absolute Gasteiger partial charge is 0.263 e. The first-order valence-corrected chi connectivity index (χ1v) is 7.74. The Kier molecular flexibility index (Phi) is 5.48. The number of aliphatic hydroxyl groups excluding tert-OH is 1. The average molecular weight is 312 g/mol. The Balaban J connectivity index is 1.98. The highest BCUT2D eigenvalue weighted by molar-refractivity contribution is 6.30. The van der Waals surface area contributed by atoms with Crippen molar-refractivity contribution in [2.24, 2.45) is 0 Å². The predicted molar refractivity (Wildman–Crippen MR) is 82.6 cm³/mol. The van der Waals surface area contributed by atoms with E-state index in [0.29, 0.717) is 10.8 Å². The fourth-order valence-electron chi connectivity index (χ4n) is 2.79. The molecular weight excluding hydrogens is 290 g/mol. The van der Waals surface area contributed by atoms with Crippen LogP contribution in [0.3, 0.4) is 0 Å². The molecule has 0 bridgehead atoms. The lowest BCUT2D eigenvalue weighted by atomic mass is 9.91. The molecule has 1 aliphatic carbocycles. The summed E-state index contributed by atoms with van der Waals surface area (Å²) >= 11 is 5.90. The third kappa shape index (κ3) is 4.11. The van der Waals surface area contributed by atoms with Crippen molar-refractivity contribution in [2.45, 2.75) is 50.9 Å². The monoisotopic (exact) mass is 311 g/mol. The number of rotatable bonds is 4. The zero-order chi connectivity index (χ0) is 15.4. The third-order valence-electron chi connectivity index (χ3n) is 4.00. The molecule has 0 spiro atoms. The number of ether oxygens (including phenoxy) is 1.